The molecule has 21 heavy (non-hydrogen) atoms. The summed E-state index contributed by atoms with van der Waals surface area (Å²) in [5, 5.41) is 0.860. The van der Waals surface area contributed by atoms with Gasteiger partial charge in [-0.15, -0.1) is 0 Å². The van der Waals surface area contributed by atoms with Crippen molar-refractivity contribution < 1.29 is 9.53 Å². The minimum atomic E-state index is -0.482. The maximum absolute atomic E-state index is 11.5. The summed E-state index contributed by atoms with van der Waals surface area (Å²) in [6, 6.07) is 5.99. The molecular formula is C13H10ClN3O2S2. The summed E-state index contributed by atoms with van der Waals surface area (Å²) in [7, 11) is 1.31. The lowest BCUT2D eigenvalue weighted by molar-refractivity contribution is 0.0606. The van der Waals surface area contributed by atoms with E-state index in [1.54, 1.807) is 0 Å². The van der Waals surface area contributed by atoms with Crippen LogP contribution in [0.2, 0.25) is 5.15 Å². The Hall–Kier alpha value is -1.57. The fourth-order valence-corrected chi connectivity index (χ4v) is 4.02. The lowest BCUT2D eigenvalue weighted by Crippen LogP contribution is -1.98. The molecule has 8 heteroatoms. The van der Waals surface area contributed by atoms with Crippen molar-refractivity contribution in [1.82, 2.24) is 15.0 Å². The average Bonchev–Trinajstić information content (AvgIpc) is 3.00. The van der Waals surface area contributed by atoms with Crippen molar-refractivity contribution in [3.05, 3.63) is 33.8 Å². The summed E-state index contributed by atoms with van der Waals surface area (Å²) in [5.74, 6) is -0.482. The van der Waals surface area contributed by atoms with Gasteiger partial charge in [-0.2, -0.15) is 0 Å². The first kappa shape index (κ1) is 14.4. The van der Waals surface area contributed by atoms with Crippen molar-refractivity contribution in [3.63, 3.8) is 0 Å². The van der Waals surface area contributed by atoms with Gasteiger partial charge in [0.15, 0.2) is 19.5 Å². The third kappa shape index (κ3) is 2.90. The molecule has 5 nitrogen and oxygen atoms in total. The Morgan fingerprint density at radius 2 is 2.24 bits per heavy atom. The number of imidazole rings is 1. The van der Waals surface area contributed by atoms with Crippen LogP contribution in [0.25, 0.3) is 11.0 Å². The van der Waals surface area contributed by atoms with Crippen molar-refractivity contribution in [1.29, 1.82) is 0 Å². The topological polar surface area (TPSA) is 67.9 Å². The van der Waals surface area contributed by atoms with Crippen LogP contribution >= 0.6 is 34.7 Å². The third-order valence-corrected chi connectivity index (χ3v) is 5.10. The Bertz CT molecular complexity index is 828. The van der Waals surface area contributed by atoms with E-state index in [-0.39, 0.29) is 5.15 Å². The molecule has 0 spiro atoms. The molecule has 0 amide bonds. The Balaban J connectivity index is 1.89. The quantitative estimate of drug-likeness (QED) is 0.732. The van der Waals surface area contributed by atoms with E-state index >= 15 is 0 Å². The van der Waals surface area contributed by atoms with Gasteiger partial charge in [-0.3, -0.25) is 0 Å². The molecule has 1 N–H and O–H groups in total. The molecule has 0 saturated heterocycles. The lowest BCUT2D eigenvalue weighted by atomic mass is 10.2. The van der Waals surface area contributed by atoms with Crippen LogP contribution in [0.4, 0.5) is 0 Å². The number of fused-ring (bicyclic) bond motifs is 1. The molecule has 0 unspecified atom stereocenters. The Morgan fingerprint density at radius 1 is 1.43 bits per heavy atom. The summed E-state index contributed by atoms with van der Waals surface area (Å²) in [4.78, 5) is 23.6. The minimum absolute atomic E-state index is 0.154. The van der Waals surface area contributed by atoms with E-state index in [2.05, 4.69) is 19.7 Å². The van der Waals surface area contributed by atoms with E-state index < -0.39 is 5.97 Å². The number of benzene rings is 1. The molecule has 0 fully saturated rings. The van der Waals surface area contributed by atoms with Crippen LogP contribution in [-0.4, -0.2) is 28.0 Å². The molecule has 1 aromatic carbocycles. The number of H-pyrrole nitrogens is 1. The maximum atomic E-state index is 11.5. The maximum Gasteiger partial charge on any atom is 0.351 e. The zero-order valence-electron chi connectivity index (χ0n) is 11.1. The van der Waals surface area contributed by atoms with Crippen LogP contribution in [0.5, 0.6) is 0 Å². The molecule has 3 aromatic rings. The molecule has 3 rings (SSSR count). The molecule has 2 aromatic heterocycles. The number of thiazole rings is 1. The number of carbonyl (C=O) groups is 1. The number of aromatic amines is 1. The monoisotopic (exact) mass is 339 g/mol. The zero-order valence-corrected chi connectivity index (χ0v) is 13.5. The Labute approximate surface area is 133 Å². The molecule has 0 aliphatic heterocycles. The highest BCUT2D eigenvalue weighted by Gasteiger charge is 2.18. The second-order valence-corrected chi connectivity index (χ2v) is 6.85. The van der Waals surface area contributed by atoms with Gasteiger partial charge < -0.3 is 9.72 Å². The van der Waals surface area contributed by atoms with Gasteiger partial charge in [0.1, 0.15) is 0 Å². The van der Waals surface area contributed by atoms with Crippen molar-refractivity contribution >= 4 is 51.7 Å². The van der Waals surface area contributed by atoms with Crippen molar-refractivity contribution in [3.8, 4) is 0 Å². The highest BCUT2D eigenvalue weighted by Crippen LogP contribution is 2.34. The average molecular weight is 340 g/mol. The molecule has 0 atom stereocenters. The molecule has 0 radical (unpaired) electrons. The zero-order chi connectivity index (χ0) is 15.0. The largest absolute Gasteiger partial charge is 0.465 e. The van der Waals surface area contributed by atoms with Gasteiger partial charge in [0.05, 0.1) is 18.1 Å². The van der Waals surface area contributed by atoms with Crippen LogP contribution in [-0.2, 0) is 4.74 Å². The van der Waals surface area contributed by atoms with E-state index in [1.165, 1.54) is 30.2 Å². The lowest BCUT2D eigenvalue weighted by Gasteiger charge is -1.92. The number of rotatable bonds is 3. The van der Waals surface area contributed by atoms with E-state index in [0.717, 1.165) is 16.6 Å². The van der Waals surface area contributed by atoms with Crippen LogP contribution < -0.4 is 0 Å². The number of nitrogens with zero attached hydrogens (tertiary/aromatic N) is 2. The predicted molar refractivity (Wildman–Crippen MR) is 83.4 cm³/mol. The molecular weight excluding hydrogens is 330 g/mol. The number of ether oxygens (including phenoxy) is 1. The second kappa shape index (κ2) is 5.67. The van der Waals surface area contributed by atoms with Crippen LogP contribution in [0.15, 0.2) is 27.7 Å². The highest BCUT2D eigenvalue weighted by molar-refractivity contribution is 8.00. The number of methoxy groups -OCH3 is 1. The number of esters is 1. The molecule has 0 aliphatic rings. The SMILES string of the molecule is COC(=O)c1sc(Sc2nc3ccc(C)cc3[nH]2)nc1Cl. The van der Waals surface area contributed by atoms with E-state index in [9.17, 15) is 4.79 Å². The number of hydrogen-bond donors (Lipinski definition) is 1. The fraction of sp³-hybridized carbons (Fsp3) is 0.154. The van der Waals surface area contributed by atoms with Crippen molar-refractivity contribution in [2.24, 2.45) is 0 Å². The number of halogens is 1. The highest BCUT2D eigenvalue weighted by atomic mass is 35.5. The number of aryl methyl sites for hydroxylation is 1. The summed E-state index contributed by atoms with van der Waals surface area (Å²) >= 11 is 8.45. The third-order valence-electron chi connectivity index (χ3n) is 2.74. The number of aromatic nitrogens is 3. The molecule has 0 bridgehead atoms. The van der Waals surface area contributed by atoms with Crippen molar-refractivity contribution in [2.45, 2.75) is 16.4 Å². The molecule has 0 saturated carbocycles. The summed E-state index contributed by atoms with van der Waals surface area (Å²) in [6.07, 6.45) is 0. The summed E-state index contributed by atoms with van der Waals surface area (Å²) in [6.45, 7) is 2.02. The standard InChI is InChI=1S/C13H10ClN3O2S2/c1-6-3-4-7-8(5-6)16-12(15-7)21-13-17-10(14)9(20-13)11(18)19-2/h3-5H,1-2H3,(H,15,16). The van der Waals surface area contributed by atoms with Gasteiger partial charge >= 0.3 is 5.97 Å². The minimum Gasteiger partial charge on any atom is -0.465 e. The number of carbonyl (C=O) groups excluding carboxylic acids is 1. The first-order valence-electron chi connectivity index (χ1n) is 5.95. The van der Waals surface area contributed by atoms with E-state index in [0.29, 0.717) is 14.4 Å². The Morgan fingerprint density at radius 3 is 3.00 bits per heavy atom. The van der Waals surface area contributed by atoms with Gasteiger partial charge in [0.25, 0.3) is 0 Å². The molecule has 108 valence electrons. The van der Waals surface area contributed by atoms with Crippen LogP contribution in [0, 0.1) is 6.92 Å². The number of nitrogens with one attached hydrogen (secondary N) is 1. The molecule has 0 aliphatic carbocycles. The van der Waals surface area contributed by atoms with Gasteiger partial charge in [-0.1, -0.05) is 29.0 Å². The van der Waals surface area contributed by atoms with Gasteiger partial charge in [-0.25, -0.2) is 14.8 Å². The first-order valence-corrected chi connectivity index (χ1v) is 7.97. The van der Waals surface area contributed by atoms with Crippen LogP contribution in [0.3, 0.4) is 0 Å². The molecule has 2 heterocycles. The van der Waals surface area contributed by atoms with E-state index in [4.69, 9.17) is 11.6 Å². The van der Waals surface area contributed by atoms with Gasteiger partial charge in [0.2, 0.25) is 0 Å². The second-order valence-electron chi connectivity index (χ2n) is 4.26. The normalized spacial score (nSPS) is 11.0. The predicted octanol–water partition coefficient (Wildman–Crippen LogP) is 3.92. The van der Waals surface area contributed by atoms with E-state index in [1.807, 2.05) is 25.1 Å². The smallest absolute Gasteiger partial charge is 0.351 e. The van der Waals surface area contributed by atoms with Crippen LogP contribution in [0.1, 0.15) is 15.2 Å². The van der Waals surface area contributed by atoms with Gasteiger partial charge in [-0.05, 0) is 36.4 Å². The summed E-state index contributed by atoms with van der Waals surface area (Å²) in [5.41, 5.74) is 3.01. The first-order chi connectivity index (χ1) is 10.1. The van der Waals surface area contributed by atoms with Gasteiger partial charge in [0, 0.05) is 0 Å². The fourth-order valence-electron chi connectivity index (χ4n) is 1.78. The van der Waals surface area contributed by atoms with Crippen molar-refractivity contribution in [2.75, 3.05) is 7.11 Å². The Kier molecular flexibility index (Phi) is 3.88. The number of hydrogen-bond acceptors (Lipinski definition) is 6. The summed E-state index contributed by atoms with van der Waals surface area (Å²) < 4.78 is 5.29.